The van der Waals surface area contributed by atoms with Crippen LogP contribution in [0.25, 0.3) is 0 Å². The highest BCUT2D eigenvalue weighted by Gasteiger charge is 2.29. The molecule has 0 aliphatic carbocycles. The predicted octanol–water partition coefficient (Wildman–Crippen LogP) is 5.98. The van der Waals surface area contributed by atoms with Gasteiger partial charge in [-0.25, -0.2) is 4.98 Å². The summed E-state index contributed by atoms with van der Waals surface area (Å²) in [5.74, 6) is 2.09. The molecular formula is C20H33N3OS. The van der Waals surface area contributed by atoms with Crippen LogP contribution in [-0.4, -0.2) is 15.2 Å². The standard InChI is InChI=1S/C20H33N3OS/c1-13(15-21-12-14(24-15)18(2,3)4)10-11-20(8,9)17-23-22-16(25-17)19(5,6)7/h12-13H,10-11H2,1-9H3. The molecule has 2 rings (SSSR count). The molecule has 2 aromatic rings. The molecule has 0 N–H and O–H groups in total. The average molecular weight is 364 g/mol. The lowest BCUT2D eigenvalue weighted by atomic mass is 9.85. The monoisotopic (exact) mass is 363 g/mol. The topological polar surface area (TPSA) is 51.8 Å². The smallest absolute Gasteiger partial charge is 0.197 e. The maximum absolute atomic E-state index is 5.99. The van der Waals surface area contributed by atoms with Gasteiger partial charge in [-0.3, -0.25) is 0 Å². The van der Waals surface area contributed by atoms with E-state index in [4.69, 9.17) is 4.42 Å². The summed E-state index contributed by atoms with van der Waals surface area (Å²) < 4.78 is 5.99. The lowest BCUT2D eigenvalue weighted by molar-refractivity contribution is 0.348. The van der Waals surface area contributed by atoms with Gasteiger partial charge in [-0.15, -0.1) is 21.5 Å². The predicted molar refractivity (Wildman–Crippen MR) is 104 cm³/mol. The third kappa shape index (κ3) is 4.90. The molecule has 0 aliphatic heterocycles. The van der Waals surface area contributed by atoms with Crippen molar-refractivity contribution in [3.63, 3.8) is 0 Å². The summed E-state index contributed by atoms with van der Waals surface area (Å²) in [5.41, 5.74) is 0.0652. The van der Waals surface area contributed by atoms with Crippen LogP contribution in [0.4, 0.5) is 0 Å². The second-order valence-electron chi connectivity index (χ2n) is 9.80. The van der Waals surface area contributed by atoms with Crippen LogP contribution in [0.2, 0.25) is 0 Å². The average Bonchev–Trinajstić information content (AvgIpc) is 3.12. The molecule has 0 bridgehead atoms. The highest BCUT2D eigenvalue weighted by molar-refractivity contribution is 7.11. The highest BCUT2D eigenvalue weighted by Crippen LogP contribution is 2.37. The van der Waals surface area contributed by atoms with E-state index in [1.807, 2.05) is 6.20 Å². The number of nitrogens with zero attached hydrogens (tertiary/aromatic N) is 3. The third-order valence-electron chi connectivity index (χ3n) is 4.53. The fraction of sp³-hybridized carbons (Fsp3) is 0.750. The van der Waals surface area contributed by atoms with Crippen LogP contribution in [-0.2, 0) is 16.2 Å². The molecule has 0 spiro atoms. The van der Waals surface area contributed by atoms with Gasteiger partial charge in [0.25, 0.3) is 0 Å². The molecule has 2 aromatic heterocycles. The zero-order valence-electron chi connectivity index (χ0n) is 17.2. The van der Waals surface area contributed by atoms with Crippen molar-refractivity contribution < 1.29 is 4.42 Å². The summed E-state index contributed by atoms with van der Waals surface area (Å²) in [6.45, 7) is 19.7. The second-order valence-corrected chi connectivity index (χ2v) is 10.8. The summed E-state index contributed by atoms with van der Waals surface area (Å²) in [4.78, 5) is 4.50. The van der Waals surface area contributed by atoms with E-state index in [0.717, 1.165) is 34.5 Å². The van der Waals surface area contributed by atoms with E-state index in [0.29, 0.717) is 5.92 Å². The number of aromatic nitrogens is 3. The normalized spacial score (nSPS) is 14.8. The molecule has 0 fully saturated rings. The summed E-state index contributed by atoms with van der Waals surface area (Å²) >= 11 is 1.74. The molecule has 2 heterocycles. The van der Waals surface area contributed by atoms with E-state index >= 15 is 0 Å². The van der Waals surface area contributed by atoms with Crippen molar-refractivity contribution in [1.82, 2.24) is 15.2 Å². The van der Waals surface area contributed by atoms with Gasteiger partial charge >= 0.3 is 0 Å². The number of oxazole rings is 1. The van der Waals surface area contributed by atoms with Crippen molar-refractivity contribution in [2.24, 2.45) is 0 Å². The Morgan fingerprint density at radius 3 is 2.04 bits per heavy atom. The van der Waals surface area contributed by atoms with Gasteiger partial charge < -0.3 is 4.42 Å². The first-order valence-electron chi connectivity index (χ1n) is 9.11. The zero-order valence-corrected chi connectivity index (χ0v) is 18.0. The molecule has 5 heteroatoms. The number of rotatable bonds is 5. The van der Waals surface area contributed by atoms with Crippen LogP contribution >= 0.6 is 11.3 Å². The summed E-state index contributed by atoms with van der Waals surface area (Å²) in [6, 6.07) is 0. The van der Waals surface area contributed by atoms with Gasteiger partial charge in [0.2, 0.25) is 0 Å². The molecule has 0 saturated carbocycles. The fourth-order valence-corrected chi connectivity index (χ4v) is 3.50. The van der Waals surface area contributed by atoms with Crippen molar-refractivity contribution in [3.8, 4) is 0 Å². The van der Waals surface area contributed by atoms with Gasteiger partial charge in [0, 0.05) is 22.2 Å². The van der Waals surface area contributed by atoms with Gasteiger partial charge in [0.05, 0.1) is 6.20 Å². The van der Waals surface area contributed by atoms with E-state index in [-0.39, 0.29) is 16.2 Å². The summed E-state index contributed by atoms with van der Waals surface area (Å²) in [6.07, 6.45) is 3.92. The minimum Gasteiger partial charge on any atom is -0.445 e. The molecule has 0 aliphatic rings. The minimum absolute atomic E-state index is 0.000154. The van der Waals surface area contributed by atoms with E-state index < -0.39 is 0 Å². The Kier molecular flexibility index (Phi) is 5.48. The Hall–Kier alpha value is -1.23. The second kappa shape index (κ2) is 6.82. The van der Waals surface area contributed by atoms with Crippen LogP contribution < -0.4 is 0 Å². The van der Waals surface area contributed by atoms with E-state index in [2.05, 4.69) is 77.5 Å². The molecule has 25 heavy (non-hydrogen) atoms. The first-order chi connectivity index (χ1) is 11.3. The van der Waals surface area contributed by atoms with Gasteiger partial charge in [-0.05, 0) is 12.8 Å². The van der Waals surface area contributed by atoms with Crippen LogP contribution in [0, 0.1) is 0 Å². The van der Waals surface area contributed by atoms with Crippen molar-refractivity contribution >= 4 is 11.3 Å². The zero-order chi connectivity index (χ0) is 19.0. The summed E-state index contributed by atoms with van der Waals surface area (Å²) in [7, 11) is 0. The number of hydrogen-bond donors (Lipinski definition) is 0. The van der Waals surface area contributed by atoms with Gasteiger partial charge in [0.1, 0.15) is 15.8 Å². The Morgan fingerprint density at radius 1 is 0.960 bits per heavy atom. The Labute approximate surface area is 156 Å². The van der Waals surface area contributed by atoms with Gasteiger partial charge in [-0.1, -0.05) is 62.3 Å². The lowest BCUT2D eigenvalue weighted by Crippen LogP contribution is -2.18. The molecular weight excluding hydrogens is 330 g/mol. The molecule has 0 amide bonds. The quantitative estimate of drug-likeness (QED) is 0.655. The van der Waals surface area contributed by atoms with Gasteiger partial charge in [0.15, 0.2) is 5.89 Å². The lowest BCUT2D eigenvalue weighted by Gasteiger charge is -2.23. The Morgan fingerprint density at radius 2 is 1.56 bits per heavy atom. The highest BCUT2D eigenvalue weighted by atomic mass is 32.1. The Balaban J connectivity index is 2.04. The molecule has 4 nitrogen and oxygen atoms in total. The molecule has 0 radical (unpaired) electrons. The molecule has 140 valence electrons. The molecule has 1 atom stereocenters. The first-order valence-corrected chi connectivity index (χ1v) is 9.93. The maximum atomic E-state index is 5.99. The van der Waals surface area contributed by atoms with E-state index in [1.54, 1.807) is 11.3 Å². The number of hydrogen-bond acceptors (Lipinski definition) is 5. The molecule has 0 aromatic carbocycles. The molecule has 1 unspecified atom stereocenters. The maximum Gasteiger partial charge on any atom is 0.197 e. The van der Waals surface area contributed by atoms with Crippen LogP contribution in [0.1, 0.15) is 103 Å². The Bertz CT molecular complexity index is 701. The van der Waals surface area contributed by atoms with Crippen LogP contribution in [0.5, 0.6) is 0 Å². The van der Waals surface area contributed by atoms with E-state index in [9.17, 15) is 0 Å². The molecule has 0 saturated heterocycles. The van der Waals surface area contributed by atoms with Crippen LogP contribution in [0.3, 0.4) is 0 Å². The van der Waals surface area contributed by atoms with Crippen LogP contribution in [0.15, 0.2) is 10.6 Å². The fourth-order valence-electron chi connectivity index (χ4n) is 2.47. The van der Waals surface area contributed by atoms with E-state index in [1.165, 1.54) is 0 Å². The van der Waals surface area contributed by atoms with Gasteiger partial charge in [-0.2, -0.15) is 0 Å². The SMILES string of the molecule is CC(CCC(C)(C)c1nnc(C(C)(C)C)s1)c1ncc(C(C)(C)C)o1. The van der Waals surface area contributed by atoms with Crippen molar-refractivity contribution in [1.29, 1.82) is 0 Å². The largest absolute Gasteiger partial charge is 0.445 e. The van der Waals surface area contributed by atoms with Crippen molar-refractivity contribution in [2.75, 3.05) is 0 Å². The third-order valence-corrected chi connectivity index (χ3v) is 6.25. The van der Waals surface area contributed by atoms with Crippen molar-refractivity contribution in [3.05, 3.63) is 27.9 Å². The summed E-state index contributed by atoms with van der Waals surface area (Å²) in [5, 5.41) is 11.1. The first kappa shape index (κ1) is 20.1. The van der Waals surface area contributed by atoms with Crippen molar-refractivity contribution in [2.45, 2.75) is 97.3 Å². The minimum atomic E-state index is 0.000154.